The maximum atomic E-state index is 15.0. The minimum Gasteiger partial charge on any atom is -0.449 e. The summed E-state index contributed by atoms with van der Waals surface area (Å²) < 4.78 is 80.1. The van der Waals surface area contributed by atoms with Crippen molar-refractivity contribution in [1.29, 1.82) is 0 Å². The number of carbonyl (C=O) groups is 1. The molecule has 4 rings (SSSR count). The maximum Gasteiger partial charge on any atom is 0.416 e. The summed E-state index contributed by atoms with van der Waals surface area (Å²) in [6.45, 7) is -0.120. The average Bonchev–Trinajstić information content (AvgIpc) is 2.99. The Hall–Kier alpha value is -2.36. The van der Waals surface area contributed by atoms with E-state index in [9.17, 15) is 26.7 Å². The molecule has 0 unspecified atom stereocenters. The molecule has 1 fully saturated rings. The van der Waals surface area contributed by atoms with E-state index in [-0.39, 0.29) is 61.6 Å². The largest absolute Gasteiger partial charge is 0.449 e. The molecule has 2 aliphatic rings. The van der Waals surface area contributed by atoms with E-state index in [1.807, 2.05) is 0 Å². The molecular formula is C19H19F5N2O3. The van der Waals surface area contributed by atoms with E-state index in [0.29, 0.717) is 0 Å². The smallest absolute Gasteiger partial charge is 0.416 e. The van der Waals surface area contributed by atoms with Gasteiger partial charge in [0.1, 0.15) is 5.58 Å². The Morgan fingerprint density at radius 3 is 2.55 bits per heavy atom. The van der Waals surface area contributed by atoms with Crippen molar-refractivity contribution in [2.75, 3.05) is 37.7 Å². The molecule has 2 aliphatic heterocycles. The number of fused-ring (bicyclic) bond motifs is 3. The predicted molar refractivity (Wildman–Crippen MR) is 94.3 cm³/mol. The van der Waals surface area contributed by atoms with Crippen molar-refractivity contribution < 1.29 is 35.9 Å². The normalized spacial score (nSPS) is 19.2. The number of nitrogens with zero attached hydrogens (tertiary/aromatic N) is 1. The Kier molecular flexibility index (Phi) is 4.92. The lowest BCUT2D eigenvalue weighted by Crippen LogP contribution is -2.45. The molecule has 3 heterocycles. The van der Waals surface area contributed by atoms with Gasteiger partial charge in [-0.25, -0.2) is 8.78 Å². The number of hydrogen-bond acceptors (Lipinski definition) is 4. The number of ether oxygens (including phenoxy) is 1. The molecule has 0 radical (unpaired) electrons. The lowest BCUT2D eigenvalue weighted by atomic mass is 9.92. The van der Waals surface area contributed by atoms with Crippen LogP contribution in [0.1, 0.15) is 29.0 Å². The van der Waals surface area contributed by atoms with Gasteiger partial charge in [-0.15, -0.1) is 0 Å². The monoisotopic (exact) mass is 418 g/mol. The van der Waals surface area contributed by atoms with Crippen LogP contribution in [0, 0.1) is 5.92 Å². The van der Waals surface area contributed by atoms with Gasteiger partial charge in [0.15, 0.2) is 0 Å². The van der Waals surface area contributed by atoms with Crippen LogP contribution in [0.5, 0.6) is 0 Å². The van der Waals surface area contributed by atoms with Gasteiger partial charge in [-0.3, -0.25) is 4.79 Å². The van der Waals surface area contributed by atoms with Gasteiger partial charge in [0.05, 0.1) is 17.8 Å². The fourth-order valence-electron chi connectivity index (χ4n) is 3.89. The molecule has 1 saturated heterocycles. The first-order valence-electron chi connectivity index (χ1n) is 9.29. The van der Waals surface area contributed by atoms with E-state index in [2.05, 4.69) is 5.32 Å². The molecule has 5 nitrogen and oxygen atoms in total. The number of nitrogens with one attached hydrogen (secondary N) is 1. The quantitative estimate of drug-likeness (QED) is 0.764. The second-order valence-electron chi connectivity index (χ2n) is 7.31. The summed E-state index contributed by atoms with van der Waals surface area (Å²) in [5.41, 5.74) is -0.915. The Morgan fingerprint density at radius 1 is 1.14 bits per heavy atom. The summed E-state index contributed by atoms with van der Waals surface area (Å²) in [6, 6.07) is 2.79. The maximum absolute atomic E-state index is 15.0. The number of anilines is 1. The number of rotatable bonds is 3. The molecule has 1 N–H and O–H groups in total. The number of hydrogen-bond donors (Lipinski definition) is 1. The molecule has 0 bridgehead atoms. The van der Waals surface area contributed by atoms with E-state index < -0.39 is 36.0 Å². The zero-order valence-electron chi connectivity index (χ0n) is 15.3. The number of alkyl halides is 5. The van der Waals surface area contributed by atoms with Crippen LogP contribution in [0.2, 0.25) is 0 Å². The molecular weight excluding hydrogens is 399 g/mol. The average molecular weight is 418 g/mol. The first-order chi connectivity index (χ1) is 13.7. The summed E-state index contributed by atoms with van der Waals surface area (Å²) in [5.74, 6) is -4.88. The zero-order valence-corrected chi connectivity index (χ0v) is 15.3. The number of amides is 1. The second-order valence-corrected chi connectivity index (χ2v) is 7.31. The molecule has 1 aromatic heterocycles. The van der Waals surface area contributed by atoms with Gasteiger partial charge in [0.25, 0.3) is 11.8 Å². The summed E-state index contributed by atoms with van der Waals surface area (Å²) in [4.78, 5) is 13.6. The highest BCUT2D eigenvalue weighted by atomic mass is 19.4. The van der Waals surface area contributed by atoms with Crippen LogP contribution >= 0.6 is 0 Å². The number of carbonyl (C=O) groups excluding carboxylic acids is 1. The van der Waals surface area contributed by atoms with Crippen molar-refractivity contribution in [1.82, 2.24) is 5.32 Å². The third-order valence-corrected chi connectivity index (χ3v) is 5.40. The predicted octanol–water partition coefficient (Wildman–Crippen LogP) is 4.06. The van der Waals surface area contributed by atoms with E-state index in [4.69, 9.17) is 9.15 Å². The van der Waals surface area contributed by atoms with Gasteiger partial charge in [-0.05, 0) is 31.0 Å². The Labute approximate surface area is 162 Å². The molecule has 10 heteroatoms. The molecule has 1 aromatic carbocycles. The topological polar surface area (TPSA) is 54.7 Å². The van der Waals surface area contributed by atoms with Crippen molar-refractivity contribution in [3.63, 3.8) is 0 Å². The van der Waals surface area contributed by atoms with Gasteiger partial charge < -0.3 is 19.4 Å². The first kappa shape index (κ1) is 19.9. The van der Waals surface area contributed by atoms with Gasteiger partial charge >= 0.3 is 6.18 Å². The van der Waals surface area contributed by atoms with E-state index in [1.165, 1.54) is 4.90 Å². The van der Waals surface area contributed by atoms with E-state index >= 15 is 0 Å². The van der Waals surface area contributed by atoms with Crippen LogP contribution in [0.25, 0.3) is 11.0 Å². The third kappa shape index (κ3) is 3.77. The minimum absolute atomic E-state index is 0.00495. The van der Waals surface area contributed by atoms with Crippen LogP contribution in [0.15, 0.2) is 22.6 Å². The van der Waals surface area contributed by atoms with Crippen LogP contribution in [-0.2, 0) is 10.9 Å². The van der Waals surface area contributed by atoms with Crippen molar-refractivity contribution in [3.05, 3.63) is 29.5 Å². The van der Waals surface area contributed by atoms with Gasteiger partial charge in [-0.1, -0.05) is 0 Å². The number of halogens is 5. The SMILES string of the molecule is O=C1NCCN(CC(F)(F)C2CCOCC2)c2c1oc1ccc(C(F)(F)F)cc21. The van der Waals surface area contributed by atoms with E-state index in [0.717, 1.165) is 18.2 Å². The third-order valence-electron chi connectivity index (χ3n) is 5.40. The van der Waals surface area contributed by atoms with E-state index in [1.54, 1.807) is 0 Å². The van der Waals surface area contributed by atoms with Gasteiger partial charge in [-0.2, -0.15) is 13.2 Å². The summed E-state index contributed by atoms with van der Waals surface area (Å²) in [5, 5.41) is 2.54. The summed E-state index contributed by atoms with van der Waals surface area (Å²) in [6.07, 6.45) is -4.20. The number of furan rings is 1. The zero-order chi connectivity index (χ0) is 20.8. The highest BCUT2D eigenvalue weighted by Gasteiger charge is 2.43. The summed E-state index contributed by atoms with van der Waals surface area (Å²) >= 11 is 0. The fraction of sp³-hybridized carbons (Fsp3) is 0.526. The van der Waals surface area contributed by atoms with Crippen LogP contribution < -0.4 is 10.2 Å². The molecule has 0 saturated carbocycles. The Balaban J connectivity index is 1.76. The number of benzene rings is 1. The van der Waals surface area contributed by atoms with Crippen molar-refractivity contribution in [2.45, 2.75) is 24.9 Å². The second kappa shape index (κ2) is 7.16. The van der Waals surface area contributed by atoms with Crippen LogP contribution in [0.4, 0.5) is 27.6 Å². The minimum atomic E-state index is -4.61. The Morgan fingerprint density at radius 2 is 1.86 bits per heavy atom. The lowest BCUT2D eigenvalue weighted by molar-refractivity contribution is -0.137. The van der Waals surface area contributed by atoms with Crippen LogP contribution in [0.3, 0.4) is 0 Å². The van der Waals surface area contributed by atoms with Crippen molar-refractivity contribution in [3.8, 4) is 0 Å². The molecule has 0 atom stereocenters. The molecule has 1 amide bonds. The standard InChI is InChI=1S/C19H19F5N2O3/c20-18(21,11-3-7-28-8-4-11)10-26-6-5-25-17(27)16-15(26)13-9-12(19(22,23)24)1-2-14(13)29-16/h1-2,9,11H,3-8,10H2,(H,25,27). The van der Waals surface area contributed by atoms with Crippen LogP contribution in [-0.4, -0.2) is 44.7 Å². The summed E-state index contributed by atoms with van der Waals surface area (Å²) in [7, 11) is 0. The molecule has 158 valence electrons. The van der Waals surface area contributed by atoms with Gasteiger partial charge in [0, 0.05) is 37.6 Å². The van der Waals surface area contributed by atoms with Gasteiger partial charge in [0.2, 0.25) is 5.76 Å². The molecule has 0 spiro atoms. The highest BCUT2D eigenvalue weighted by Crippen LogP contribution is 2.41. The Bertz CT molecular complexity index is 918. The van der Waals surface area contributed by atoms with Crippen molar-refractivity contribution >= 4 is 22.6 Å². The van der Waals surface area contributed by atoms with Crippen molar-refractivity contribution in [2.24, 2.45) is 5.92 Å². The highest BCUT2D eigenvalue weighted by molar-refractivity contribution is 6.07. The molecule has 0 aliphatic carbocycles. The molecule has 29 heavy (non-hydrogen) atoms. The lowest BCUT2D eigenvalue weighted by Gasteiger charge is -2.34. The fourth-order valence-corrected chi connectivity index (χ4v) is 3.89. The molecule has 2 aromatic rings. The first-order valence-corrected chi connectivity index (χ1v) is 9.29.